The second-order valence-corrected chi connectivity index (χ2v) is 7.08. The lowest BCUT2D eigenvalue weighted by molar-refractivity contribution is 0.102. The van der Waals surface area contributed by atoms with Gasteiger partial charge in [0.1, 0.15) is 5.82 Å². The molecule has 0 atom stereocenters. The molecule has 0 radical (unpaired) electrons. The molecule has 0 unspecified atom stereocenters. The van der Waals surface area contributed by atoms with Crippen LogP contribution in [0.2, 0.25) is 0 Å². The lowest BCUT2D eigenvalue weighted by Crippen LogP contribution is -2.13. The van der Waals surface area contributed by atoms with Gasteiger partial charge < -0.3 is 5.32 Å². The van der Waals surface area contributed by atoms with Gasteiger partial charge in [-0.25, -0.2) is 4.39 Å². The maximum Gasteiger partial charge on any atom is 0.258 e. The first-order chi connectivity index (χ1) is 11.6. The Morgan fingerprint density at radius 2 is 1.46 bits per heavy atom. The van der Waals surface area contributed by atoms with E-state index in [1.54, 1.807) is 36.0 Å². The van der Waals surface area contributed by atoms with Crippen molar-refractivity contribution in [2.75, 3.05) is 5.32 Å². The van der Waals surface area contributed by atoms with Crippen LogP contribution >= 0.6 is 27.7 Å². The molecule has 1 N–H and O–H groups in total. The minimum atomic E-state index is -0.530. The molecule has 3 aromatic rings. The van der Waals surface area contributed by atoms with E-state index in [-0.39, 0.29) is 5.56 Å². The summed E-state index contributed by atoms with van der Waals surface area (Å²) in [6.07, 6.45) is 0. The van der Waals surface area contributed by atoms with E-state index in [0.717, 1.165) is 14.3 Å². The van der Waals surface area contributed by atoms with Crippen molar-refractivity contribution >= 4 is 39.3 Å². The van der Waals surface area contributed by atoms with Gasteiger partial charge in [0.05, 0.1) is 5.56 Å². The SMILES string of the molecule is O=C(Nc1ccc(Sc2ccc(Br)cc2)cc1)c1ccccc1F. The molecule has 1 amide bonds. The molecule has 120 valence electrons. The number of amides is 1. The average Bonchev–Trinajstić information content (AvgIpc) is 2.59. The summed E-state index contributed by atoms with van der Waals surface area (Å²) in [5, 5.41) is 2.70. The van der Waals surface area contributed by atoms with E-state index in [1.165, 1.54) is 12.1 Å². The Morgan fingerprint density at radius 1 is 0.875 bits per heavy atom. The molecule has 3 rings (SSSR count). The van der Waals surface area contributed by atoms with Crippen LogP contribution in [-0.2, 0) is 0 Å². The molecule has 0 saturated carbocycles. The van der Waals surface area contributed by atoms with E-state index in [1.807, 2.05) is 36.4 Å². The van der Waals surface area contributed by atoms with Gasteiger partial charge in [-0.1, -0.05) is 39.8 Å². The fraction of sp³-hybridized carbons (Fsp3) is 0. The van der Waals surface area contributed by atoms with Gasteiger partial charge in [-0.15, -0.1) is 0 Å². The third-order valence-corrected chi connectivity index (χ3v) is 4.82. The lowest BCUT2D eigenvalue weighted by atomic mass is 10.2. The lowest BCUT2D eigenvalue weighted by Gasteiger charge is -2.07. The van der Waals surface area contributed by atoms with E-state index in [4.69, 9.17) is 0 Å². The van der Waals surface area contributed by atoms with Gasteiger partial charge in [0, 0.05) is 20.0 Å². The van der Waals surface area contributed by atoms with E-state index in [9.17, 15) is 9.18 Å². The van der Waals surface area contributed by atoms with Crippen molar-refractivity contribution in [3.63, 3.8) is 0 Å². The van der Waals surface area contributed by atoms with Crippen molar-refractivity contribution in [1.82, 2.24) is 0 Å². The Hall–Kier alpha value is -2.11. The van der Waals surface area contributed by atoms with Crippen molar-refractivity contribution in [2.45, 2.75) is 9.79 Å². The van der Waals surface area contributed by atoms with Crippen LogP contribution in [0.3, 0.4) is 0 Å². The molecule has 0 aliphatic rings. The predicted octanol–water partition coefficient (Wildman–Crippen LogP) is 5.99. The minimum absolute atomic E-state index is 0.0332. The Morgan fingerprint density at radius 3 is 2.08 bits per heavy atom. The molecule has 0 aromatic heterocycles. The third-order valence-electron chi connectivity index (χ3n) is 3.28. The molecule has 0 spiro atoms. The van der Waals surface area contributed by atoms with Gasteiger partial charge in [0.2, 0.25) is 0 Å². The quantitative estimate of drug-likeness (QED) is 0.581. The molecular formula is C19H13BrFNOS. The molecule has 0 saturated heterocycles. The summed E-state index contributed by atoms with van der Waals surface area (Å²) in [4.78, 5) is 14.3. The number of nitrogens with one attached hydrogen (secondary N) is 1. The molecular weight excluding hydrogens is 389 g/mol. The van der Waals surface area contributed by atoms with Crippen molar-refractivity contribution in [2.24, 2.45) is 0 Å². The van der Waals surface area contributed by atoms with Crippen molar-refractivity contribution in [3.8, 4) is 0 Å². The van der Waals surface area contributed by atoms with Crippen LogP contribution in [-0.4, -0.2) is 5.91 Å². The van der Waals surface area contributed by atoms with Crippen molar-refractivity contribution < 1.29 is 9.18 Å². The zero-order chi connectivity index (χ0) is 16.9. The number of halogens is 2. The Balaban J connectivity index is 1.67. The molecule has 5 heteroatoms. The number of anilines is 1. The van der Waals surface area contributed by atoms with E-state index < -0.39 is 11.7 Å². The molecule has 0 bridgehead atoms. The van der Waals surface area contributed by atoms with Crippen LogP contribution in [0.5, 0.6) is 0 Å². The fourth-order valence-corrected chi connectivity index (χ4v) is 3.17. The van der Waals surface area contributed by atoms with Crippen LogP contribution < -0.4 is 5.32 Å². The summed E-state index contributed by atoms with van der Waals surface area (Å²) in [6, 6.07) is 21.4. The average molecular weight is 402 g/mol. The molecule has 0 heterocycles. The number of benzene rings is 3. The number of carbonyl (C=O) groups is 1. The highest BCUT2D eigenvalue weighted by molar-refractivity contribution is 9.10. The minimum Gasteiger partial charge on any atom is -0.322 e. The van der Waals surface area contributed by atoms with E-state index in [0.29, 0.717) is 5.69 Å². The molecule has 0 fully saturated rings. The molecule has 0 aliphatic heterocycles. The highest BCUT2D eigenvalue weighted by Gasteiger charge is 2.10. The maximum atomic E-state index is 13.6. The predicted molar refractivity (Wildman–Crippen MR) is 99.1 cm³/mol. The summed E-state index contributed by atoms with van der Waals surface area (Å²) in [5.74, 6) is -0.987. The molecule has 3 aromatic carbocycles. The highest BCUT2D eigenvalue weighted by atomic mass is 79.9. The zero-order valence-corrected chi connectivity index (χ0v) is 14.9. The first-order valence-corrected chi connectivity index (χ1v) is 8.82. The van der Waals surface area contributed by atoms with Crippen LogP contribution in [0.25, 0.3) is 0 Å². The third kappa shape index (κ3) is 4.24. The largest absolute Gasteiger partial charge is 0.322 e. The van der Waals surface area contributed by atoms with E-state index >= 15 is 0 Å². The van der Waals surface area contributed by atoms with Gasteiger partial charge in [-0.05, 0) is 60.7 Å². The van der Waals surface area contributed by atoms with Gasteiger partial charge in [0.25, 0.3) is 5.91 Å². The zero-order valence-electron chi connectivity index (χ0n) is 12.5. The van der Waals surface area contributed by atoms with Crippen molar-refractivity contribution in [3.05, 3.63) is 88.6 Å². The normalized spacial score (nSPS) is 10.4. The summed E-state index contributed by atoms with van der Waals surface area (Å²) in [6.45, 7) is 0. The van der Waals surface area contributed by atoms with Crippen LogP contribution in [0.15, 0.2) is 87.1 Å². The topological polar surface area (TPSA) is 29.1 Å². The second kappa shape index (κ2) is 7.64. The number of carbonyl (C=O) groups excluding carboxylic acids is 1. The first kappa shape index (κ1) is 16.7. The summed E-state index contributed by atoms with van der Waals surface area (Å²) in [5.41, 5.74) is 0.661. The summed E-state index contributed by atoms with van der Waals surface area (Å²) < 4.78 is 14.6. The Labute approximate surface area is 152 Å². The Bertz CT molecular complexity index is 850. The fourth-order valence-electron chi connectivity index (χ4n) is 2.09. The smallest absolute Gasteiger partial charge is 0.258 e. The van der Waals surface area contributed by atoms with Crippen LogP contribution in [0.4, 0.5) is 10.1 Å². The molecule has 2 nitrogen and oxygen atoms in total. The molecule has 24 heavy (non-hydrogen) atoms. The summed E-state index contributed by atoms with van der Waals surface area (Å²) >= 11 is 5.04. The second-order valence-electron chi connectivity index (χ2n) is 5.01. The standard InChI is InChI=1S/C19H13BrFNOS/c20-13-5-9-15(10-6-13)24-16-11-7-14(8-12-16)22-19(23)17-3-1-2-4-18(17)21/h1-12H,(H,22,23). The van der Waals surface area contributed by atoms with E-state index in [2.05, 4.69) is 21.2 Å². The van der Waals surface area contributed by atoms with Crippen LogP contribution in [0, 0.1) is 5.82 Å². The highest BCUT2D eigenvalue weighted by Crippen LogP contribution is 2.29. The van der Waals surface area contributed by atoms with Crippen LogP contribution in [0.1, 0.15) is 10.4 Å². The number of hydrogen-bond donors (Lipinski definition) is 1. The first-order valence-electron chi connectivity index (χ1n) is 7.21. The van der Waals surface area contributed by atoms with Gasteiger partial charge >= 0.3 is 0 Å². The van der Waals surface area contributed by atoms with Crippen molar-refractivity contribution in [1.29, 1.82) is 0 Å². The Kier molecular flexibility index (Phi) is 5.33. The molecule has 0 aliphatic carbocycles. The van der Waals surface area contributed by atoms with Gasteiger partial charge in [-0.2, -0.15) is 0 Å². The summed E-state index contributed by atoms with van der Waals surface area (Å²) in [7, 11) is 0. The number of hydrogen-bond acceptors (Lipinski definition) is 2. The van der Waals surface area contributed by atoms with Gasteiger partial charge in [0.15, 0.2) is 0 Å². The monoisotopic (exact) mass is 401 g/mol. The van der Waals surface area contributed by atoms with Gasteiger partial charge in [-0.3, -0.25) is 4.79 Å². The number of rotatable bonds is 4. The maximum absolute atomic E-state index is 13.6.